The number of carbonyl (C=O) groups is 2. The van der Waals surface area contributed by atoms with E-state index in [0.29, 0.717) is 13.0 Å². The monoisotopic (exact) mass is 183 g/mol. The van der Waals surface area contributed by atoms with Crippen LogP contribution in [0.5, 0.6) is 0 Å². The average Bonchev–Trinajstić information content (AvgIpc) is 2.09. The third-order valence-corrected chi connectivity index (χ3v) is 2.71. The first kappa shape index (κ1) is 10.2. The molecule has 1 heterocycles. The van der Waals surface area contributed by atoms with E-state index in [2.05, 4.69) is 5.32 Å². The molecule has 1 rings (SSSR count). The Kier molecular flexibility index (Phi) is 2.74. The van der Waals surface area contributed by atoms with Crippen molar-refractivity contribution in [1.29, 1.82) is 0 Å². The highest BCUT2D eigenvalue weighted by Gasteiger charge is 2.42. The first-order chi connectivity index (χ1) is 5.98. The second kappa shape index (κ2) is 3.48. The summed E-state index contributed by atoms with van der Waals surface area (Å²) < 4.78 is 0. The Balaban J connectivity index is 2.84. The number of rotatable bonds is 2. The van der Waals surface area contributed by atoms with Crippen LogP contribution in [0.4, 0.5) is 0 Å². The van der Waals surface area contributed by atoms with Gasteiger partial charge in [0.15, 0.2) is 5.78 Å². The van der Waals surface area contributed by atoms with E-state index in [1.54, 1.807) is 6.92 Å². The Morgan fingerprint density at radius 1 is 1.54 bits per heavy atom. The second-order valence-electron chi connectivity index (χ2n) is 4.21. The number of hydrogen-bond donors (Lipinski definition) is 1. The lowest BCUT2D eigenvalue weighted by Crippen LogP contribution is -2.50. The minimum absolute atomic E-state index is 0.0599. The van der Waals surface area contributed by atoms with E-state index >= 15 is 0 Å². The highest BCUT2D eigenvalue weighted by atomic mass is 16.2. The van der Waals surface area contributed by atoms with Gasteiger partial charge in [0.2, 0.25) is 5.91 Å². The normalized spacial score (nSPS) is 28.8. The molecule has 0 saturated carbocycles. The summed E-state index contributed by atoms with van der Waals surface area (Å²) in [6.07, 6.45) is 1.59. The fourth-order valence-electron chi connectivity index (χ4n) is 1.82. The minimum atomic E-state index is -0.771. The number of ketones is 1. The van der Waals surface area contributed by atoms with Gasteiger partial charge >= 0.3 is 0 Å². The molecule has 0 bridgehead atoms. The van der Waals surface area contributed by atoms with E-state index in [1.807, 2.05) is 13.8 Å². The van der Waals surface area contributed by atoms with Gasteiger partial charge in [0.25, 0.3) is 0 Å². The number of piperidine rings is 1. The van der Waals surface area contributed by atoms with Crippen LogP contribution >= 0.6 is 0 Å². The van der Waals surface area contributed by atoms with Crippen LogP contribution in [0.1, 0.15) is 33.6 Å². The van der Waals surface area contributed by atoms with Crippen LogP contribution in [0.2, 0.25) is 0 Å². The summed E-state index contributed by atoms with van der Waals surface area (Å²) in [7, 11) is 0. The molecule has 1 aliphatic heterocycles. The molecule has 3 nitrogen and oxygen atoms in total. The largest absolute Gasteiger partial charge is 0.355 e. The molecule has 1 unspecified atom stereocenters. The first-order valence-corrected chi connectivity index (χ1v) is 4.81. The quantitative estimate of drug-likeness (QED) is 0.652. The number of hydrogen-bond acceptors (Lipinski definition) is 2. The van der Waals surface area contributed by atoms with Crippen molar-refractivity contribution >= 4 is 11.7 Å². The molecule has 13 heavy (non-hydrogen) atoms. The Hall–Kier alpha value is -0.860. The van der Waals surface area contributed by atoms with Gasteiger partial charge in [0.05, 0.1) is 0 Å². The summed E-state index contributed by atoms with van der Waals surface area (Å²) in [5.74, 6) is -0.101. The molecule has 1 amide bonds. The van der Waals surface area contributed by atoms with Gasteiger partial charge in [-0.1, -0.05) is 13.8 Å². The Bertz CT molecular complexity index is 235. The van der Waals surface area contributed by atoms with E-state index in [9.17, 15) is 9.59 Å². The molecule has 1 fully saturated rings. The highest BCUT2D eigenvalue weighted by molar-refractivity contribution is 6.06. The Morgan fingerprint density at radius 2 is 2.15 bits per heavy atom. The van der Waals surface area contributed by atoms with Crippen LogP contribution < -0.4 is 5.32 Å². The lowest BCUT2D eigenvalue weighted by Gasteiger charge is -2.32. The molecule has 0 aliphatic carbocycles. The van der Waals surface area contributed by atoms with Crippen LogP contribution in [0, 0.1) is 11.3 Å². The smallest absolute Gasteiger partial charge is 0.233 e. The van der Waals surface area contributed by atoms with Crippen LogP contribution in [0.15, 0.2) is 0 Å². The average molecular weight is 183 g/mol. The van der Waals surface area contributed by atoms with Gasteiger partial charge in [-0.15, -0.1) is 0 Å². The summed E-state index contributed by atoms with van der Waals surface area (Å²) in [6.45, 7) is 6.15. The molecular formula is C10H17NO2. The summed E-state index contributed by atoms with van der Waals surface area (Å²) in [6, 6.07) is 0. The van der Waals surface area contributed by atoms with Crippen molar-refractivity contribution in [3.63, 3.8) is 0 Å². The summed E-state index contributed by atoms with van der Waals surface area (Å²) >= 11 is 0. The van der Waals surface area contributed by atoms with Crippen molar-refractivity contribution in [2.24, 2.45) is 11.3 Å². The molecule has 1 saturated heterocycles. The molecule has 3 heteroatoms. The Labute approximate surface area is 78.9 Å². The molecule has 0 radical (unpaired) electrons. The topological polar surface area (TPSA) is 46.2 Å². The summed E-state index contributed by atoms with van der Waals surface area (Å²) in [5, 5.41) is 2.75. The SMILES string of the molecule is CC(C)C(=O)C1(C)CCCNC1=O. The molecule has 74 valence electrons. The molecule has 0 aromatic carbocycles. The van der Waals surface area contributed by atoms with Crippen LogP contribution in [0.3, 0.4) is 0 Å². The zero-order chi connectivity index (χ0) is 10.1. The Morgan fingerprint density at radius 3 is 2.62 bits per heavy atom. The van der Waals surface area contributed by atoms with Gasteiger partial charge in [-0.3, -0.25) is 9.59 Å². The van der Waals surface area contributed by atoms with E-state index in [0.717, 1.165) is 6.42 Å². The van der Waals surface area contributed by atoms with Gasteiger partial charge in [0.1, 0.15) is 5.41 Å². The number of nitrogens with one attached hydrogen (secondary N) is 1. The van der Waals surface area contributed by atoms with Crippen LogP contribution in [-0.4, -0.2) is 18.2 Å². The summed E-state index contributed by atoms with van der Waals surface area (Å²) in [5.41, 5.74) is -0.771. The van der Waals surface area contributed by atoms with Crippen molar-refractivity contribution in [1.82, 2.24) is 5.32 Å². The van der Waals surface area contributed by atoms with Gasteiger partial charge < -0.3 is 5.32 Å². The third-order valence-electron chi connectivity index (χ3n) is 2.71. The van der Waals surface area contributed by atoms with Gasteiger partial charge in [-0.05, 0) is 19.8 Å². The zero-order valence-electron chi connectivity index (χ0n) is 8.52. The number of amides is 1. The van der Waals surface area contributed by atoms with Crippen molar-refractivity contribution < 1.29 is 9.59 Å². The molecule has 0 aromatic rings. The molecule has 1 atom stereocenters. The van der Waals surface area contributed by atoms with Crippen molar-refractivity contribution in [2.75, 3.05) is 6.54 Å². The second-order valence-corrected chi connectivity index (χ2v) is 4.21. The third kappa shape index (κ3) is 1.74. The maximum atomic E-state index is 11.8. The van der Waals surface area contributed by atoms with E-state index < -0.39 is 5.41 Å². The first-order valence-electron chi connectivity index (χ1n) is 4.81. The molecule has 0 spiro atoms. The fraction of sp³-hybridized carbons (Fsp3) is 0.800. The number of Topliss-reactive ketones (excluding diaryl/α,β-unsaturated/α-hetero) is 1. The number of carbonyl (C=O) groups excluding carboxylic acids is 2. The fourth-order valence-corrected chi connectivity index (χ4v) is 1.82. The maximum Gasteiger partial charge on any atom is 0.233 e. The predicted molar refractivity (Wildman–Crippen MR) is 50.2 cm³/mol. The maximum absolute atomic E-state index is 11.8. The zero-order valence-corrected chi connectivity index (χ0v) is 8.52. The minimum Gasteiger partial charge on any atom is -0.355 e. The van der Waals surface area contributed by atoms with E-state index in [1.165, 1.54) is 0 Å². The molecular weight excluding hydrogens is 166 g/mol. The summed E-state index contributed by atoms with van der Waals surface area (Å²) in [4.78, 5) is 23.3. The van der Waals surface area contributed by atoms with Crippen molar-refractivity contribution in [3.05, 3.63) is 0 Å². The van der Waals surface area contributed by atoms with E-state index in [-0.39, 0.29) is 17.6 Å². The highest BCUT2D eigenvalue weighted by Crippen LogP contribution is 2.30. The van der Waals surface area contributed by atoms with Crippen LogP contribution in [0.25, 0.3) is 0 Å². The molecule has 1 N–H and O–H groups in total. The standard InChI is InChI=1S/C10H17NO2/c1-7(2)8(12)10(3)5-4-6-11-9(10)13/h7H,4-6H2,1-3H3,(H,11,13). The van der Waals surface area contributed by atoms with Crippen molar-refractivity contribution in [2.45, 2.75) is 33.6 Å². The molecule has 0 aromatic heterocycles. The van der Waals surface area contributed by atoms with Crippen molar-refractivity contribution in [3.8, 4) is 0 Å². The van der Waals surface area contributed by atoms with Gasteiger partial charge in [-0.2, -0.15) is 0 Å². The lowest BCUT2D eigenvalue weighted by atomic mass is 9.74. The van der Waals surface area contributed by atoms with Gasteiger partial charge in [0, 0.05) is 12.5 Å². The van der Waals surface area contributed by atoms with E-state index in [4.69, 9.17) is 0 Å². The molecule has 1 aliphatic rings. The van der Waals surface area contributed by atoms with Crippen LogP contribution in [-0.2, 0) is 9.59 Å². The predicted octanol–water partition coefficient (Wildman–Crippen LogP) is 1.13. The van der Waals surface area contributed by atoms with Gasteiger partial charge in [-0.25, -0.2) is 0 Å². The lowest BCUT2D eigenvalue weighted by molar-refractivity contribution is -0.145.